The van der Waals surface area contributed by atoms with Crippen molar-refractivity contribution in [2.45, 2.75) is 26.2 Å². The molecule has 0 saturated carbocycles. The van der Waals surface area contributed by atoms with Gasteiger partial charge >= 0.3 is 5.97 Å². The van der Waals surface area contributed by atoms with E-state index in [9.17, 15) is 9.59 Å². The molecular formula is C11H17NO3. The molecule has 84 valence electrons. The summed E-state index contributed by atoms with van der Waals surface area (Å²) in [4.78, 5) is 23.6. The number of amides is 1. The second kappa shape index (κ2) is 5.53. The number of carboxylic acid groups (broad SMARTS) is 1. The molecule has 1 heterocycles. The Hall–Kier alpha value is -1.32. The van der Waals surface area contributed by atoms with Crippen molar-refractivity contribution < 1.29 is 14.7 Å². The number of carboxylic acids is 1. The van der Waals surface area contributed by atoms with Gasteiger partial charge in [0.25, 0.3) is 0 Å². The topological polar surface area (TPSA) is 57.6 Å². The average molecular weight is 211 g/mol. The molecule has 0 bridgehead atoms. The van der Waals surface area contributed by atoms with E-state index < -0.39 is 5.97 Å². The molecule has 1 aliphatic rings. The number of hydrogen-bond acceptors (Lipinski definition) is 2. The van der Waals surface area contributed by atoms with Gasteiger partial charge in [0.05, 0.1) is 0 Å². The average Bonchev–Trinajstić information content (AvgIpc) is 2.32. The van der Waals surface area contributed by atoms with Crippen LogP contribution in [0.4, 0.5) is 0 Å². The first kappa shape index (κ1) is 11.8. The van der Waals surface area contributed by atoms with E-state index >= 15 is 0 Å². The van der Waals surface area contributed by atoms with Gasteiger partial charge in [-0.25, -0.2) is 4.79 Å². The summed E-state index contributed by atoms with van der Waals surface area (Å²) in [5.41, 5.74) is 0. The third kappa shape index (κ3) is 4.14. The van der Waals surface area contributed by atoms with Gasteiger partial charge in [0.15, 0.2) is 0 Å². The lowest BCUT2D eigenvalue weighted by atomic mass is 10.0. The highest BCUT2D eigenvalue weighted by atomic mass is 16.4. The van der Waals surface area contributed by atoms with Gasteiger partial charge in [0.2, 0.25) is 5.91 Å². The van der Waals surface area contributed by atoms with E-state index in [1.165, 1.54) is 6.08 Å². The van der Waals surface area contributed by atoms with Crippen LogP contribution in [0.2, 0.25) is 0 Å². The molecule has 4 heteroatoms. The van der Waals surface area contributed by atoms with E-state index in [1.54, 1.807) is 4.90 Å². The van der Waals surface area contributed by atoms with Gasteiger partial charge in [0, 0.05) is 25.6 Å². The number of likely N-dealkylation sites (tertiary alicyclic amines) is 1. The molecule has 0 radical (unpaired) electrons. The second-order valence-corrected chi connectivity index (χ2v) is 4.01. The molecule has 15 heavy (non-hydrogen) atoms. The predicted molar refractivity (Wildman–Crippen MR) is 56.4 cm³/mol. The van der Waals surface area contributed by atoms with Crippen molar-refractivity contribution in [3.63, 3.8) is 0 Å². The molecule has 1 amide bonds. The van der Waals surface area contributed by atoms with Crippen LogP contribution < -0.4 is 0 Å². The maximum absolute atomic E-state index is 11.6. The Balaban J connectivity index is 2.45. The first-order valence-corrected chi connectivity index (χ1v) is 5.27. The van der Waals surface area contributed by atoms with Gasteiger partial charge < -0.3 is 10.0 Å². The Bertz CT molecular complexity index is 273. The lowest BCUT2D eigenvalue weighted by molar-refractivity contribution is -0.132. The summed E-state index contributed by atoms with van der Waals surface area (Å²) in [5, 5.41) is 8.42. The first-order valence-electron chi connectivity index (χ1n) is 5.27. The van der Waals surface area contributed by atoms with Gasteiger partial charge in [-0.2, -0.15) is 0 Å². The number of rotatable bonds is 3. The zero-order chi connectivity index (χ0) is 11.3. The van der Waals surface area contributed by atoms with Crippen LogP contribution in [0.3, 0.4) is 0 Å². The van der Waals surface area contributed by atoms with E-state index in [-0.39, 0.29) is 5.91 Å². The molecule has 1 saturated heterocycles. The fourth-order valence-electron chi connectivity index (χ4n) is 1.65. The highest BCUT2D eigenvalue weighted by molar-refractivity contribution is 5.80. The monoisotopic (exact) mass is 211 g/mol. The number of carbonyl (C=O) groups is 2. The van der Waals surface area contributed by atoms with Gasteiger partial charge in [-0.1, -0.05) is 13.0 Å². The number of aliphatic carboxylic acids is 1. The molecule has 1 atom stereocenters. The molecule has 0 aliphatic carbocycles. The molecule has 0 aromatic heterocycles. The smallest absolute Gasteiger partial charge is 0.328 e. The van der Waals surface area contributed by atoms with Crippen molar-refractivity contribution in [2.75, 3.05) is 13.1 Å². The number of nitrogens with zero attached hydrogens (tertiary/aromatic N) is 1. The standard InChI is InChI=1S/C11H17NO3/c1-9-4-5-10(13)12(8-6-9)7-2-3-11(14)15/h2-3,9H,4-8H2,1H3,(H,14,15). The van der Waals surface area contributed by atoms with Crippen LogP contribution in [-0.4, -0.2) is 35.0 Å². The van der Waals surface area contributed by atoms with E-state index in [2.05, 4.69) is 6.92 Å². The molecule has 1 fully saturated rings. The van der Waals surface area contributed by atoms with Crippen LogP contribution in [-0.2, 0) is 9.59 Å². The number of carbonyl (C=O) groups excluding carboxylic acids is 1. The van der Waals surface area contributed by atoms with Crippen LogP contribution in [0.15, 0.2) is 12.2 Å². The Morgan fingerprint density at radius 3 is 3.00 bits per heavy atom. The second-order valence-electron chi connectivity index (χ2n) is 4.01. The van der Waals surface area contributed by atoms with Crippen LogP contribution in [0.1, 0.15) is 26.2 Å². The van der Waals surface area contributed by atoms with Crippen molar-refractivity contribution in [3.8, 4) is 0 Å². The van der Waals surface area contributed by atoms with Crippen LogP contribution in [0, 0.1) is 5.92 Å². The molecule has 1 rings (SSSR count). The SMILES string of the molecule is CC1CCC(=O)N(CC=CC(=O)O)CC1. The van der Waals surface area contributed by atoms with Crippen LogP contribution in [0.5, 0.6) is 0 Å². The highest BCUT2D eigenvalue weighted by Crippen LogP contribution is 2.17. The normalized spacial score (nSPS) is 23.1. The van der Waals surface area contributed by atoms with E-state index in [1.807, 2.05) is 0 Å². The van der Waals surface area contributed by atoms with Crippen molar-refractivity contribution in [1.29, 1.82) is 0 Å². The fraction of sp³-hybridized carbons (Fsp3) is 0.636. The van der Waals surface area contributed by atoms with E-state index in [0.717, 1.165) is 25.5 Å². The third-order valence-corrected chi connectivity index (χ3v) is 2.68. The molecule has 4 nitrogen and oxygen atoms in total. The zero-order valence-corrected chi connectivity index (χ0v) is 8.98. The van der Waals surface area contributed by atoms with Crippen LogP contribution in [0.25, 0.3) is 0 Å². The number of hydrogen-bond donors (Lipinski definition) is 1. The summed E-state index contributed by atoms with van der Waals surface area (Å²) in [6.45, 7) is 3.30. The predicted octanol–water partition coefficient (Wildman–Crippen LogP) is 1.28. The molecule has 0 spiro atoms. The van der Waals surface area contributed by atoms with Crippen LogP contribution >= 0.6 is 0 Å². The summed E-state index contributed by atoms with van der Waals surface area (Å²) >= 11 is 0. The zero-order valence-electron chi connectivity index (χ0n) is 8.98. The van der Waals surface area contributed by atoms with Gasteiger partial charge in [-0.15, -0.1) is 0 Å². The molecule has 1 unspecified atom stereocenters. The van der Waals surface area contributed by atoms with Crippen molar-refractivity contribution in [1.82, 2.24) is 4.90 Å². The van der Waals surface area contributed by atoms with Gasteiger partial charge in [-0.3, -0.25) is 4.79 Å². The van der Waals surface area contributed by atoms with Crippen molar-refractivity contribution >= 4 is 11.9 Å². The Morgan fingerprint density at radius 1 is 1.60 bits per heavy atom. The minimum atomic E-state index is -0.967. The maximum atomic E-state index is 11.6. The summed E-state index contributed by atoms with van der Waals surface area (Å²) in [7, 11) is 0. The van der Waals surface area contributed by atoms with E-state index in [0.29, 0.717) is 18.9 Å². The summed E-state index contributed by atoms with van der Waals surface area (Å²) in [6, 6.07) is 0. The van der Waals surface area contributed by atoms with E-state index in [4.69, 9.17) is 5.11 Å². The van der Waals surface area contributed by atoms with Gasteiger partial charge in [-0.05, 0) is 18.8 Å². The first-order chi connectivity index (χ1) is 7.09. The molecule has 1 aliphatic heterocycles. The molecule has 0 aromatic carbocycles. The van der Waals surface area contributed by atoms with Gasteiger partial charge in [0.1, 0.15) is 0 Å². The Kier molecular flexibility index (Phi) is 4.34. The van der Waals surface area contributed by atoms with Crippen molar-refractivity contribution in [2.24, 2.45) is 5.92 Å². The summed E-state index contributed by atoms with van der Waals surface area (Å²) < 4.78 is 0. The lowest BCUT2D eigenvalue weighted by Gasteiger charge is -2.18. The van der Waals surface area contributed by atoms with Crippen molar-refractivity contribution in [3.05, 3.63) is 12.2 Å². The minimum Gasteiger partial charge on any atom is -0.478 e. The summed E-state index contributed by atoms with van der Waals surface area (Å²) in [6.07, 6.45) is 5.14. The lowest BCUT2D eigenvalue weighted by Crippen LogP contribution is -2.30. The minimum absolute atomic E-state index is 0.134. The summed E-state index contributed by atoms with van der Waals surface area (Å²) in [5.74, 6) is -0.248. The molecule has 0 aromatic rings. The quantitative estimate of drug-likeness (QED) is 0.715. The molecular weight excluding hydrogens is 194 g/mol. The third-order valence-electron chi connectivity index (χ3n) is 2.68. The largest absolute Gasteiger partial charge is 0.478 e. The Morgan fingerprint density at radius 2 is 2.33 bits per heavy atom. The Labute approximate surface area is 89.6 Å². The highest BCUT2D eigenvalue weighted by Gasteiger charge is 2.18. The fourth-order valence-corrected chi connectivity index (χ4v) is 1.65. The maximum Gasteiger partial charge on any atom is 0.328 e. The molecule has 1 N–H and O–H groups in total.